The molecule has 2 heterocycles. The maximum absolute atomic E-state index is 12.7. The summed E-state index contributed by atoms with van der Waals surface area (Å²) in [4.78, 5) is 44.4. The minimum Gasteiger partial charge on any atom is -0.326 e. The number of imidazole rings is 1. The molecule has 2 aromatic heterocycles. The number of halogens is 3. The largest absolute Gasteiger partial charge is 0.416 e. The Morgan fingerprint density at radius 2 is 1.82 bits per heavy atom. The van der Waals surface area contributed by atoms with E-state index in [2.05, 4.69) is 15.3 Å². The van der Waals surface area contributed by atoms with Gasteiger partial charge in [-0.2, -0.15) is 13.2 Å². The molecule has 8 nitrogen and oxygen atoms in total. The van der Waals surface area contributed by atoms with Crippen molar-refractivity contribution in [1.29, 1.82) is 0 Å². The Balaban J connectivity index is 1.85. The minimum absolute atomic E-state index is 0.000460. The highest BCUT2D eigenvalue weighted by Crippen LogP contribution is 2.29. The van der Waals surface area contributed by atoms with Crippen molar-refractivity contribution >= 4 is 22.8 Å². The molecule has 34 heavy (non-hydrogen) atoms. The minimum atomic E-state index is -4.45. The SMILES string of the molecule is CCCCn1c(=O)[nH]c(=O)c2c1nc(CCC(=O)Nc1ccc(C(F)(F)F)cc1)n2CC(C)C. The van der Waals surface area contributed by atoms with Crippen LogP contribution in [0.15, 0.2) is 33.9 Å². The highest BCUT2D eigenvalue weighted by molar-refractivity contribution is 5.90. The van der Waals surface area contributed by atoms with Crippen LogP contribution in [0.1, 0.15) is 51.4 Å². The molecular weight excluding hydrogens is 451 g/mol. The monoisotopic (exact) mass is 479 g/mol. The number of carbonyl (C=O) groups is 1. The van der Waals surface area contributed by atoms with E-state index in [1.807, 2.05) is 20.8 Å². The molecule has 0 aliphatic carbocycles. The van der Waals surface area contributed by atoms with E-state index in [-0.39, 0.29) is 24.4 Å². The Hall–Kier alpha value is -3.37. The van der Waals surface area contributed by atoms with Gasteiger partial charge >= 0.3 is 11.9 Å². The first kappa shape index (κ1) is 25.3. The Labute approximate surface area is 193 Å². The van der Waals surface area contributed by atoms with Crippen molar-refractivity contribution in [2.75, 3.05) is 5.32 Å². The lowest BCUT2D eigenvalue weighted by atomic mass is 10.2. The van der Waals surface area contributed by atoms with Crippen molar-refractivity contribution in [3.05, 3.63) is 56.5 Å². The average molecular weight is 480 g/mol. The fourth-order valence-corrected chi connectivity index (χ4v) is 3.69. The Morgan fingerprint density at radius 1 is 1.15 bits per heavy atom. The van der Waals surface area contributed by atoms with Gasteiger partial charge in [0.25, 0.3) is 5.56 Å². The number of hydrogen-bond acceptors (Lipinski definition) is 4. The number of aromatic amines is 1. The van der Waals surface area contributed by atoms with E-state index >= 15 is 0 Å². The number of amides is 1. The molecule has 0 fully saturated rings. The summed E-state index contributed by atoms with van der Waals surface area (Å²) in [5, 5.41) is 2.58. The number of aryl methyl sites for hydroxylation is 2. The molecule has 184 valence electrons. The predicted octanol–water partition coefficient (Wildman–Crippen LogP) is 3.93. The molecule has 0 radical (unpaired) electrons. The summed E-state index contributed by atoms with van der Waals surface area (Å²) >= 11 is 0. The highest BCUT2D eigenvalue weighted by Gasteiger charge is 2.30. The van der Waals surface area contributed by atoms with Gasteiger partial charge in [-0.3, -0.25) is 19.1 Å². The van der Waals surface area contributed by atoms with Crippen LogP contribution in [0, 0.1) is 5.92 Å². The second kappa shape index (κ2) is 10.3. The van der Waals surface area contributed by atoms with E-state index in [0.29, 0.717) is 30.1 Å². The lowest BCUT2D eigenvalue weighted by molar-refractivity contribution is -0.137. The van der Waals surface area contributed by atoms with Crippen LogP contribution in [0.4, 0.5) is 18.9 Å². The lowest BCUT2D eigenvalue weighted by Crippen LogP contribution is -2.31. The van der Waals surface area contributed by atoms with Crippen molar-refractivity contribution in [2.45, 2.75) is 65.7 Å². The van der Waals surface area contributed by atoms with Crippen LogP contribution >= 0.6 is 0 Å². The first-order valence-corrected chi connectivity index (χ1v) is 11.2. The summed E-state index contributed by atoms with van der Waals surface area (Å²) in [6.07, 6.45) is -2.66. The third kappa shape index (κ3) is 5.75. The quantitative estimate of drug-likeness (QED) is 0.486. The molecule has 0 unspecified atom stereocenters. The van der Waals surface area contributed by atoms with E-state index in [0.717, 1.165) is 25.0 Å². The van der Waals surface area contributed by atoms with Gasteiger partial charge in [-0.1, -0.05) is 27.2 Å². The molecule has 0 atom stereocenters. The first-order chi connectivity index (χ1) is 16.0. The van der Waals surface area contributed by atoms with Gasteiger partial charge in [-0.05, 0) is 36.6 Å². The number of hydrogen-bond donors (Lipinski definition) is 2. The van der Waals surface area contributed by atoms with Crippen molar-refractivity contribution < 1.29 is 18.0 Å². The number of nitrogens with zero attached hydrogens (tertiary/aromatic N) is 3. The van der Waals surface area contributed by atoms with E-state index in [4.69, 9.17) is 0 Å². The van der Waals surface area contributed by atoms with Crippen LogP contribution in [0.2, 0.25) is 0 Å². The summed E-state index contributed by atoms with van der Waals surface area (Å²) < 4.78 is 41.3. The van der Waals surface area contributed by atoms with Gasteiger partial charge in [0.05, 0.1) is 5.56 Å². The van der Waals surface area contributed by atoms with E-state index in [9.17, 15) is 27.6 Å². The summed E-state index contributed by atoms with van der Waals surface area (Å²) in [7, 11) is 0. The van der Waals surface area contributed by atoms with Crippen molar-refractivity contribution in [1.82, 2.24) is 19.1 Å². The number of alkyl halides is 3. The third-order valence-electron chi connectivity index (χ3n) is 5.32. The smallest absolute Gasteiger partial charge is 0.326 e. The van der Waals surface area contributed by atoms with Gasteiger partial charge < -0.3 is 9.88 Å². The maximum atomic E-state index is 12.7. The molecule has 0 aliphatic heterocycles. The molecule has 1 aromatic carbocycles. The van der Waals surface area contributed by atoms with Gasteiger partial charge in [0.2, 0.25) is 5.91 Å². The number of nitrogens with one attached hydrogen (secondary N) is 2. The van der Waals surface area contributed by atoms with Crippen LogP contribution in [-0.4, -0.2) is 25.0 Å². The number of anilines is 1. The van der Waals surface area contributed by atoms with Gasteiger partial charge in [0, 0.05) is 31.6 Å². The molecule has 11 heteroatoms. The summed E-state index contributed by atoms with van der Waals surface area (Å²) in [5.41, 5.74) is -1.01. The number of carbonyl (C=O) groups excluding carboxylic acids is 1. The third-order valence-corrected chi connectivity index (χ3v) is 5.32. The van der Waals surface area contributed by atoms with Gasteiger partial charge in [-0.25, -0.2) is 9.78 Å². The molecule has 1 amide bonds. The van der Waals surface area contributed by atoms with Crippen molar-refractivity contribution in [3.8, 4) is 0 Å². The zero-order chi connectivity index (χ0) is 25.0. The topological polar surface area (TPSA) is 102 Å². The number of unbranched alkanes of at least 4 members (excludes halogenated alkanes) is 1. The average Bonchev–Trinajstić information content (AvgIpc) is 3.09. The fourth-order valence-electron chi connectivity index (χ4n) is 3.69. The molecule has 0 spiro atoms. The molecule has 3 rings (SSSR count). The Kier molecular flexibility index (Phi) is 7.63. The van der Waals surface area contributed by atoms with E-state index in [1.54, 1.807) is 4.57 Å². The highest BCUT2D eigenvalue weighted by atomic mass is 19.4. The predicted molar refractivity (Wildman–Crippen MR) is 123 cm³/mol. The number of benzene rings is 1. The van der Waals surface area contributed by atoms with E-state index < -0.39 is 28.9 Å². The number of fused-ring (bicyclic) bond motifs is 1. The van der Waals surface area contributed by atoms with Crippen LogP contribution in [0.25, 0.3) is 11.2 Å². The standard InChI is InChI=1S/C23H28F3N5O3/c1-4-5-12-30-20-19(21(33)29-22(30)34)31(13-14(2)3)17(28-20)10-11-18(32)27-16-8-6-15(7-9-16)23(24,25)26/h6-9,14H,4-5,10-13H2,1-3H3,(H,27,32)(H,29,33,34). The number of aromatic nitrogens is 4. The number of H-pyrrole nitrogens is 1. The van der Waals surface area contributed by atoms with Crippen molar-refractivity contribution in [3.63, 3.8) is 0 Å². The second-order valence-electron chi connectivity index (χ2n) is 8.59. The summed E-state index contributed by atoms with van der Waals surface area (Å²) in [6, 6.07) is 4.19. The van der Waals surface area contributed by atoms with Crippen LogP contribution in [0.3, 0.4) is 0 Å². The molecule has 2 N–H and O–H groups in total. The molecule has 0 saturated carbocycles. The van der Waals surface area contributed by atoms with Crippen molar-refractivity contribution in [2.24, 2.45) is 5.92 Å². The number of rotatable bonds is 9. The fraction of sp³-hybridized carbons (Fsp3) is 0.478. The second-order valence-corrected chi connectivity index (χ2v) is 8.59. The summed E-state index contributed by atoms with van der Waals surface area (Å²) in [5.74, 6) is 0.264. The lowest BCUT2D eigenvalue weighted by Gasteiger charge is -2.12. The zero-order valence-electron chi connectivity index (χ0n) is 19.3. The molecule has 0 bridgehead atoms. The van der Waals surface area contributed by atoms with Gasteiger partial charge in [0.1, 0.15) is 5.82 Å². The Morgan fingerprint density at radius 3 is 2.41 bits per heavy atom. The van der Waals surface area contributed by atoms with Gasteiger partial charge in [0.15, 0.2) is 11.2 Å². The normalized spacial score (nSPS) is 12.0. The summed E-state index contributed by atoms with van der Waals surface area (Å²) in [6.45, 7) is 6.84. The maximum Gasteiger partial charge on any atom is 0.416 e. The van der Waals surface area contributed by atoms with Gasteiger partial charge in [-0.15, -0.1) is 0 Å². The first-order valence-electron chi connectivity index (χ1n) is 11.2. The van der Waals surface area contributed by atoms with Crippen LogP contribution in [-0.2, 0) is 30.5 Å². The van der Waals surface area contributed by atoms with Crippen LogP contribution < -0.4 is 16.6 Å². The zero-order valence-corrected chi connectivity index (χ0v) is 19.3. The molecule has 0 aliphatic rings. The Bertz CT molecular complexity index is 1270. The van der Waals surface area contributed by atoms with E-state index in [1.165, 1.54) is 16.7 Å². The molecule has 3 aromatic rings. The molecular formula is C23H28F3N5O3. The molecule has 0 saturated heterocycles. The van der Waals surface area contributed by atoms with Crippen LogP contribution in [0.5, 0.6) is 0 Å².